The summed E-state index contributed by atoms with van der Waals surface area (Å²) in [5, 5.41) is -0.858. The van der Waals surface area contributed by atoms with Crippen LogP contribution >= 0.6 is 0 Å². The van der Waals surface area contributed by atoms with Gasteiger partial charge in [-0.2, -0.15) is 0 Å². The first-order valence-corrected chi connectivity index (χ1v) is 7.31. The molecule has 1 aliphatic rings. The van der Waals surface area contributed by atoms with E-state index in [1.54, 1.807) is 6.92 Å². The maximum atomic E-state index is 13.2. The second-order valence-corrected chi connectivity index (χ2v) is 6.62. The molecule has 1 saturated heterocycles. The van der Waals surface area contributed by atoms with Crippen LogP contribution in [0.2, 0.25) is 0 Å². The molecule has 0 saturated carbocycles. The smallest absolute Gasteiger partial charge is 0.167 e. The van der Waals surface area contributed by atoms with E-state index in [0.29, 0.717) is 12.1 Å². The van der Waals surface area contributed by atoms with Crippen molar-refractivity contribution in [3.63, 3.8) is 0 Å². The monoisotopic (exact) mass is 276 g/mol. The molecule has 0 bridgehead atoms. The van der Waals surface area contributed by atoms with E-state index in [0.717, 1.165) is 6.07 Å². The van der Waals surface area contributed by atoms with Crippen molar-refractivity contribution in [2.45, 2.75) is 18.2 Å². The Morgan fingerprint density at radius 1 is 1.28 bits per heavy atom. The van der Waals surface area contributed by atoms with E-state index < -0.39 is 32.8 Å². The van der Waals surface area contributed by atoms with Gasteiger partial charge >= 0.3 is 0 Å². The van der Waals surface area contributed by atoms with Crippen molar-refractivity contribution in [3.05, 3.63) is 35.4 Å². The van der Waals surface area contributed by atoms with Crippen LogP contribution < -0.4 is 10.9 Å². The molecule has 4 nitrogen and oxygen atoms in total. The first-order valence-electron chi connectivity index (χ1n) is 5.60. The molecule has 7 heteroatoms. The summed E-state index contributed by atoms with van der Waals surface area (Å²) in [6.45, 7) is 1.85. The van der Waals surface area contributed by atoms with Gasteiger partial charge in [0, 0.05) is 24.3 Å². The highest BCUT2D eigenvalue weighted by atomic mass is 32.2. The van der Waals surface area contributed by atoms with E-state index >= 15 is 0 Å². The molecule has 0 aliphatic carbocycles. The van der Waals surface area contributed by atoms with Crippen molar-refractivity contribution >= 4 is 9.84 Å². The molecule has 2 unspecified atom stereocenters. The van der Waals surface area contributed by atoms with Crippen molar-refractivity contribution < 1.29 is 17.2 Å². The standard InChI is InChI=1S/C11H14F2N2O2S/c1-2-18(16,17)11-10(6-14-15-11)7-3-8(12)5-9(13)4-7/h3-5,10-11,14-15H,2,6H2,1H3. The van der Waals surface area contributed by atoms with E-state index in [-0.39, 0.29) is 5.75 Å². The SMILES string of the molecule is CCS(=O)(=O)C1NNCC1c1cc(F)cc(F)c1. The van der Waals surface area contributed by atoms with Gasteiger partial charge in [-0.1, -0.05) is 6.92 Å². The molecule has 2 rings (SSSR count). The van der Waals surface area contributed by atoms with Crippen LogP contribution in [0.1, 0.15) is 18.4 Å². The number of rotatable bonds is 3. The topological polar surface area (TPSA) is 58.2 Å². The fraction of sp³-hybridized carbons (Fsp3) is 0.455. The first kappa shape index (κ1) is 13.4. The molecular formula is C11H14F2N2O2S. The number of benzene rings is 1. The van der Waals surface area contributed by atoms with Crippen LogP contribution in [0.4, 0.5) is 8.78 Å². The summed E-state index contributed by atoms with van der Waals surface area (Å²) in [5.74, 6) is -1.94. The number of hydrogen-bond acceptors (Lipinski definition) is 4. The fourth-order valence-corrected chi connectivity index (χ4v) is 3.45. The molecule has 0 radical (unpaired) electrons. The maximum absolute atomic E-state index is 13.2. The Morgan fingerprint density at radius 2 is 1.89 bits per heavy atom. The summed E-state index contributed by atoms with van der Waals surface area (Å²) in [6.07, 6.45) is 0. The van der Waals surface area contributed by atoms with Crippen molar-refractivity contribution in [1.29, 1.82) is 0 Å². The third-order valence-electron chi connectivity index (χ3n) is 3.03. The zero-order valence-electron chi connectivity index (χ0n) is 9.78. The van der Waals surface area contributed by atoms with Crippen LogP contribution in [0, 0.1) is 11.6 Å². The summed E-state index contributed by atoms with van der Waals surface area (Å²) in [5.41, 5.74) is 5.72. The van der Waals surface area contributed by atoms with Crippen LogP contribution in [0.15, 0.2) is 18.2 Å². The number of hydrazine groups is 1. The van der Waals surface area contributed by atoms with Gasteiger partial charge in [0.15, 0.2) is 9.84 Å². The summed E-state index contributed by atoms with van der Waals surface area (Å²) in [4.78, 5) is 0. The largest absolute Gasteiger partial charge is 0.256 e. The van der Waals surface area contributed by atoms with Gasteiger partial charge in [0.25, 0.3) is 0 Å². The van der Waals surface area contributed by atoms with Crippen molar-refractivity contribution in [1.82, 2.24) is 10.9 Å². The summed E-state index contributed by atoms with van der Waals surface area (Å²) in [6, 6.07) is 3.10. The van der Waals surface area contributed by atoms with E-state index in [1.165, 1.54) is 12.1 Å². The zero-order chi connectivity index (χ0) is 13.3. The number of hydrogen-bond donors (Lipinski definition) is 2. The second-order valence-electron chi connectivity index (χ2n) is 4.21. The highest BCUT2D eigenvalue weighted by molar-refractivity contribution is 7.92. The Morgan fingerprint density at radius 3 is 2.44 bits per heavy atom. The molecule has 100 valence electrons. The minimum absolute atomic E-state index is 0.0271. The Hall–Kier alpha value is -1.05. The van der Waals surface area contributed by atoms with Crippen LogP contribution in [-0.2, 0) is 9.84 Å². The highest BCUT2D eigenvalue weighted by Crippen LogP contribution is 2.27. The van der Waals surface area contributed by atoms with Gasteiger partial charge in [0.1, 0.15) is 17.0 Å². The van der Waals surface area contributed by atoms with E-state index in [4.69, 9.17) is 0 Å². The van der Waals surface area contributed by atoms with Gasteiger partial charge in [-0.05, 0) is 17.7 Å². The fourth-order valence-electron chi connectivity index (χ4n) is 2.08. The Balaban J connectivity index is 2.37. The van der Waals surface area contributed by atoms with Gasteiger partial charge in [0.05, 0.1) is 0 Å². The van der Waals surface area contributed by atoms with Crippen LogP contribution in [-0.4, -0.2) is 26.1 Å². The summed E-state index contributed by atoms with van der Waals surface area (Å²) >= 11 is 0. The maximum Gasteiger partial charge on any atom is 0.167 e. The highest BCUT2D eigenvalue weighted by Gasteiger charge is 2.37. The van der Waals surface area contributed by atoms with Crippen molar-refractivity contribution in [2.24, 2.45) is 0 Å². The third-order valence-corrected chi connectivity index (χ3v) is 5.06. The Bertz CT molecular complexity index is 528. The summed E-state index contributed by atoms with van der Waals surface area (Å²) < 4.78 is 50.0. The normalized spacial score (nSPS) is 24.4. The molecule has 0 amide bonds. The lowest BCUT2D eigenvalue weighted by atomic mass is 10.00. The Labute approximate surface area is 104 Å². The quantitative estimate of drug-likeness (QED) is 0.862. The number of sulfone groups is 1. The van der Waals surface area contributed by atoms with Crippen LogP contribution in [0.25, 0.3) is 0 Å². The van der Waals surface area contributed by atoms with Gasteiger partial charge in [-0.15, -0.1) is 0 Å². The molecule has 2 atom stereocenters. The first-order chi connectivity index (χ1) is 8.44. The minimum Gasteiger partial charge on any atom is -0.256 e. The minimum atomic E-state index is -3.34. The van der Waals surface area contributed by atoms with E-state index in [9.17, 15) is 17.2 Å². The molecule has 1 aromatic rings. The lowest BCUT2D eigenvalue weighted by Crippen LogP contribution is -2.39. The zero-order valence-corrected chi connectivity index (χ0v) is 10.6. The number of nitrogens with one attached hydrogen (secondary N) is 2. The van der Waals surface area contributed by atoms with Gasteiger partial charge < -0.3 is 0 Å². The summed E-state index contributed by atoms with van der Waals surface area (Å²) in [7, 11) is -3.34. The van der Waals surface area contributed by atoms with Crippen molar-refractivity contribution in [2.75, 3.05) is 12.3 Å². The molecule has 1 fully saturated rings. The molecule has 1 aliphatic heterocycles. The van der Waals surface area contributed by atoms with Crippen LogP contribution in [0.3, 0.4) is 0 Å². The molecule has 2 N–H and O–H groups in total. The average molecular weight is 276 g/mol. The van der Waals surface area contributed by atoms with Gasteiger partial charge in [-0.3, -0.25) is 5.43 Å². The van der Waals surface area contributed by atoms with Gasteiger partial charge in [-0.25, -0.2) is 22.6 Å². The van der Waals surface area contributed by atoms with E-state index in [1.807, 2.05) is 0 Å². The second kappa shape index (κ2) is 4.91. The molecule has 0 spiro atoms. The predicted molar refractivity (Wildman–Crippen MR) is 63.5 cm³/mol. The van der Waals surface area contributed by atoms with E-state index in [2.05, 4.69) is 10.9 Å². The molecule has 1 aromatic carbocycles. The molecule has 1 heterocycles. The molecule has 18 heavy (non-hydrogen) atoms. The molecular weight excluding hydrogens is 262 g/mol. The van der Waals surface area contributed by atoms with Crippen LogP contribution in [0.5, 0.6) is 0 Å². The molecule has 0 aromatic heterocycles. The number of halogens is 2. The predicted octanol–water partition coefficient (Wildman–Crippen LogP) is 0.917. The lowest BCUT2D eigenvalue weighted by Gasteiger charge is -2.18. The van der Waals surface area contributed by atoms with Gasteiger partial charge in [0.2, 0.25) is 0 Å². The lowest BCUT2D eigenvalue weighted by molar-refractivity contribution is 0.548. The Kier molecular flexibility index (Phi) is 3.65. The van der Waals surface area contributed by atoms with Crippen molar-refractivity contribution in [3.8, 4) is 0 Å². The average Bonchev–Trinajstić information content (AvgIpc) is 2.77. The third kappa shape index (κ3) is 2.52.